The van der Waals surface area contributed by atoms with Crippen molar-refractivity contribution in [3.8, 4) is 16.9 Å². The normalized spacial score (nSPS) is 16.1. The molecule has 9 heteroatoms. The largest absolute Gasteiger partial charge is 0.383 e. The van der Waals surface area contributed by atoms with Crippen molar-refractivity contribution in [2.45, 2.75) is 18.9 Å². The summed E-state index contributed by atoms with van der Waals surface area (Å²) in [6.45, 7) is 1.38. The summed E-state index contributed by atoms with van der Waals surface area (Å²) in [5, 5.41) is 9.03. The Kier molecular flexibility index (Phi) is 5.17. The molecule has 1 aliphatic rings. The van der Waals surface area contributed by atoms with E-state index in [1.807, 2.05) is 18.2 Å². The van der Waals surface area contributed by atoms with Gasteiger partial charge in [-0.25, -0.2) is 14.1 Å². The van der Waals surface area contributed by atoms with Crippen molar-refractivity contribution in [1.82, 2.24) is 19.7 Å². The Labute approximate surface area is 183 Å². The molecule has 5 rings (SSSR count). The standard InChI is InChI=1S/C22H20ClFN6O/c23-14-4-1-3-13(11-14)19-18-20(25)30(16-8-6-15(24)7-9-16)29-21(18)28-22(27-19)26-12-17-5-2-10-31-17/h1,3-4,6-9,11,17H,2,5,10,12,25H2,(H,26,28,29)/t17-/m1/s1. The fraction of sp³-hybridized carbons (Fsp3) is 0.227. The van der Waals surface area contributed by atoms with Crippen LogP contribution in [0.4, 0.5) is 16.2 Å². The number of nitrogens with zero attached hydrogens (tertiary/aromatic N) is 4. The average Bonchev–Trinajstić information content (AvgIpc) is 3.40. The third kappa shape index (κ3) is 3.92. The molecule has 0 radical (unpaired) electrons. The topological polar surface area (TPSA) is 90.9 Å². The molecule has 2 aromatic heterocycles. The van der Waals surface area contributed by atoms with E-state index in [0.29, 0.717) is 45.7 Å². The van der Waals surface area contributed by atoms with E-state index in [2.05, 4.69) is 15.4 Å². The van der Waals surface area contributed by atoms with Gasteiger partial charge >= 0.3 is 0 Å². The lowest BCUT2D eigenvalue weighted by molar-refractivity contribution is 0.120. The van der Waals surface area contributed by atoms with Gasteiger partial charge < -0.3 is 15.8 Å². The number of rotatable bonds is 5. The first-order chi connectivity index (χ1) is 15.1. The molecular weight excluding hydrogens is 419 g/mol. The van der Waals surface area contributed by atoms with Gasteiger partial charge in [0.25, 0.3) is 0 Å². The predicted molar refractivity (Wildman–Crippen MR) is 119 cm³/mol. The van der Waals surface area contributed by atoms with Gasteiger partial charge in [-0.15, -0.1) is 5.10 Å². The van der Waals surface area contributed by atoms with Crippen molar-refractivity contribution >= 4 is 34.4 Å². The maximum Gasteiger partial charge on any atom is 0.225 e. The SMILES string of the molecule is Nc1c2c(-c3cccc(Cl)c3)nc(NC[C@H]3CCCO3)nc2nn1-c1ccc(F)cc1. The van der Waals surface area contributed by atoms with E-state index in [1.165, 1.54) is 16.8 Å². The Morgan fingerprint density at radius 2 is 2.03 bits per heavy atom. The monoisotopic (exact) mass is 438 g/mol. The molecule has 1 aliphatic heterocycles. The van der Waals surface area contributed by atoms with Gasteiger partial charge in [0.05, 0.1) is 22.9 Å². The second-order valence-electron chi connectivity index (χ2n) is 7.39. The number of anilines is 2. The molecule has 158 valence electrons. The summed E-state index contributed by atoms with van der Waals surface area (Å²) in [7, 11) is 0. The first-order valence-electron chi connectivity index (χ1n) is 10.0. The molecular formula is C22H20ClFN6O. The maximum atomic E-state index is 13.4. The van der Waals surface area contributed by atoms with Gasteiger partial charge in [0.2, 0.25) is 5.95 Å². The highest BCUT2D eigenvalue weighted by molar-refractivity contribution is 6.30. The predicted octanol–water partition coefficient (Wildman–Crippen LogP) is 4.45. The number of nitrogens with one attached hydrogen (secondary N) is 1. The number of fused-ring (bicyclic) bond motifs is 1. The smallest absolute Gasteiger partial charge is 0.225 e. The molecule has 0 spiro atoms. The average molecular weight is 439 g/mol. The minimum Gasteiger partial charge on any atom is -0.383 e. The van der Waals surface area contributed by atoms with Gasteiger partial charge in [-0.3, -0.25) is 0 Å². The van der Waals surface area contributed by atoms with Gasteiger partial charge in [-0.2, -0.15) is 4.98 Å². The molecule has 31 heavy (non-hydrogen) atoms. The zero-order valence-corrected chi connectivity index (χ0v) is 17.3. The van der Waals surface area contributed by atoms with Crippen LogP contribution in [0.5, 0.6) is 0 Å². The van der Waals surface area contributed by atoms with Gasteiger partial charge in [-0.05, 0) is 49.2 Å². The molecule has 0 saturated carbocycles. The van der Waals surface area contributed by atoms with E-state index in [-0.39, 0.29) is 11.9 Å². The molecule has 0 bridgehead atoms. The third-order valence-corrected chi connectivity index (χ3v) is 5.49. The van der Waals surface area contributed by atoms with Crippen LogP contribution in [0, 0.1) is 5.82 Å². The molecule has 3 heterocycles. The van der Waals surface area contributed by atoms with Crippen molar-refractivity contribution < 1.29 is 9.13 Å². The fourth-order valence-corrected chi connectivity index (χ4v) is 3.92. The first kappa shape index (κ1) is 19.7. The van der Waals surface area contributed by atoms with Gasteiger partial charge in [0.1, 0.15) is 11.6 Å². The molecule has 4 aromatic rings. The highest BCUT2D eigenvalue weighted by Crippen LogP contribution is 2.33. The first-order valence-corrected chi connectivity index (χ1v) is 10.4. The lowest BCUT2D eigenvalue weighted by Gasteiger charge is -2.12. The summed E-state index contributed by atoms with van der Waals surface area (Å²) in [6, 6.07) is 13.3. The second-order valence-corrected chi connectivity index (χ2v) is 7.83. The molecule has 2 aromatic carbocycles. The molecule has 0 unspecified atom stereocenters. The van der Waals surface area contributed by atoms with Crippen LogP contribution < -0.4 is 11.1 Å². The third-order valence-electron chi connectivity index (χ3n) is 5.25. The Hall–Kier alpha value is -3.23. The summed E-state index contributed by atoms with van der Waals surface area (Å²) >= 11 is 6.23. The van der Waals surface area contributed by atoms with Crippen molar-refractivity contribution in [2.75, 3.05) is 24.2 Å². The number of halogens is 2. The molecule has 1 atom stereocenters. The van der Waals surface area contributed by atoms with Crippen molar-refractivity contribution in [1.29, 1.82) is 0 Å². The van der Waals surface area contributed by atoms with E-state index >= 15 is 0 Å². The summed E-state index contributed by atoms with van der Waals surface area (Å²) in [6.07, 6.45) is 2.19. The van der Waals surface area contributed by atoms with Crippen molar-refractivity contribution in [3.05, 3.63) is 59.4 Å². The molecule has 1 fully saturated rings. The number of aromatic nitrogens is 4. The van der Waals surface area contributed by atoms with Crippen LogP contribution in [-0.4, -0.2) is 39.0 Å². The quantitative estimate of drug-likeness (QED) is 0.478. The molecule has 7 nitrogen and oxygen atoms in total. The number of benzene rings is 2. The van der Waals surface area contributed by atoms with E-state index < -0.39 is 0 Å². The Bertz CT molecular complexity index is 1240. The molecule has 0 amide bonds. The zero-order valence-electron chi connectivity index (χ0n) is 16.6. The summed E-state index contributed by atoms with van der Waals surface area (Å²) in [5.41, 5.74) is 8.94. The molecule has 1 saturated heterocycles. The van der Waals surface area contributed by atoms with Crippen LogP contribution in [0.25, 0.3) is 28.0 Å². The summed E-state index contributed by atoms with van der Waals surface area (Å²) in [4.78, 5) is 9.30. The van der Waals surface area contributed by atoms with Crippen LogP contribution in [0.15, 0.2) is 48.5 Å². The number of hydrogen-bond donors (Lipinski definition) is 2. The number of hydrogen-bond acceptors (Lipinski definition) is 6. The van der Waals surface area contributed by atoms with E-state index in [4.69, 9.17) is 27.1 Å². The van der Waals surface area contributed by atoms with Crippen LogP contribution in [-0.2, 0) is 4.74 Å². The number of nitrogens with two attached hydrogens (primary N) is 1. The van der Waals surface area contributed by atoms with Crippen LogP contribution >= 0.6 is 11.6 Å². The van der Waals surface area contributed by atoms with Crippen LogP contribution in [0.1, 0.15) is 12.8 Å². The van der Waals surface area contributed by atoms with E-state index in [9.17, 15) is 4.39 Å². The lowest BCUT2D eigenvalue weighted by atomic mass is 10.1. The van der Waals surface area contributed by atoms with E-state index in [1.54, 1.807) is 18.2 Å². The number of ether oxygens (including phenoxy) is 1. The molecule has 3 N–H and O–H groups in total. The Balaban J connectivity index is 1.63. The van der Waals surface area contributed by atoms with Gasteiger partial charge in [0, 0.05) is 23.7 Å². The highest BCUT2D eigenvalue weighted by Gasteiger charge is 2.21. The minimum absolute atomic E-state index is 0.135. The maximum absolute atomic E-state index is 13.4. The van der Waals surface area contributed by atoms with Crippen LogP contribution in [0.3, 0.4) is 0 Å². The highest BCUT2D eigenvalue weighted by atomic mass is 35.5. The zero-order chi connectivity index (χ0) is 21.4. The second kappa shape index (κ2) is 8.13. The summed E-state index contributed by atoms with van der Waals surface area (Å²) in [5.74, 6) is 0.461. The Morgan fingerprint density at radius 3 is 2.77 bits per heavy atom. The van der Waals surface area contributed by atoms with Gasteiger partial charge in [0.15, 0.2) is 5.65 Å². The number of nitrogen functional groups attached to an aromatic ring is 1. The van der Waals surface area contributed by atoms with Crippen molar-refractivity contribution in [2.24, 2.45) is 0 Å². The van der Waals surface area contributed by atoms with Crippen LogP contribution in [0.2, 0.25) is 5.02 Å². The van der Waals surface area contributed by atoms with E-state index in [0.717, 1.165) is 25.0 Å². The van der Waals surface area contributed by atoms with Crippen molar-refractivity contribution in [3.63, 3.8) is 0 Å². The Morgan fingerprint density at radius 1 is 1.19 bits per heavy atom. The van der Waals surface area contributed by atoms with Gasteiger partial charge in [-0.1, -0.05) is 23.7 Å². The minimum atomic E-state index is -0.334. The summed E-state index contributed by atoms with van der Waals surface area (Å²) < 4.78 is 20.6. The lowest BCUT2D eigenvalue weighted by Crippen LogP contribution is -2.19. The molecule has 0 aliphatic carbocycles. The fourth-order valence-electron chi connectivity index (χ4n) is 3.72.